The van der Waals surface area contributed by atoms with Crippen LogP contribution in [-0.2, 0) is 18.5 Å². The minimum absolute atomic E-state index is 0.479. The number of allylic oxidation sites excluding steroid dienone is 4. The number of hydrogen-bond donors (Lipinski definition) is 0. The minimum atomic E-state index is -0.479. The number of aryl methyl sites for hydroxylation is 2. The van der Waals surface area contributed by atoms with Crippen LogP contribution in [0.25, 0.3) is 64.5 Å². The Labute approximate surface area is 398 Å². The third kappa shape index (κ3) is 5.40. The third-order valence-electron chi connectivity index (χ3n) is 14.9. The zero-order valence-electron chi connectivity index (χ0n) is 37.4. The zero-order chi connectivity index (χ0) is 44.4. The minimum Gasteiger partial charge on any atom is -0.341 e. The fourth-order valence-electron chi connectivity index (χ4n) is 12.2. The standard InChI is InChI=1S/C61H46N4S2/c1-3-62-55-21-13-11-19-47(55)49-35-41(25-29-57(49)62)64(39-15-7-5-8-16-39)43-23-27-45-46-28-24-44(38-54(46)61(53(45)37-43)51-31-33-66-59(51)60-52(61)32-34-67-60)65(40-17-9-6-10-18-40)42-26-30-58-50(36-42)48-20-12-14-22-56(48)63(58)4-2/h5-9,11-17,19-38H,3-4,10,18H2,1-2H3. The Hall–Kier alpha value is -7.38. The lowest BCUT2D eigenvalue weighted by atomic mass is 9.71. The van der Waals surface area contributed by atoms with Crippen LogP contribution < -0.4 is 9.80 Å². The Balaban J connectivity index is 0.987. The number of hydrogen-bond acceptors (Lipinski definition) is 4. The van der Waals surface area contributed by atoms with E-state index in [1.165, 1.54) is 104 Å². The van der Waals surface area contributed by atoms with Gasteiger partial charge in [0.05, 0.1) is 5.41 Å². The molecular weight excluding hydrogens is 853 g/mol. The number of thiophene rings is 2. The summed E-state index contributed by atoms with van der Waals surface area (Å²) in [5, 5.41) is 9.79. The molecule has 4 heterocycles. The van der Waals surface area contributed by atoms with Crippen LogP contribution in [-0.4, -0.2) is 9.13 Å². The predicted octanol–water partition coefficient (Wildman–Crippen LogP) is 17.3. The number of rotatable bonds is 8. The van der Waals surface area contributed by atoms with Crippen LogP contribution in [0, 0.1) is 0 Å². The number of nitrogens with zero attached hydrogens (tertiary/aromatic N) is 4. The molecule has 14 rings (SSSR count). The number of benzene rings is 7. The molecule has 0 N–H and O–H groups in total. The van der Waals surface area contributed by atoms with Crippen molar-refractivity contribution in [3.63, 3.8) is 0 Å². The van der Waals surface area contributed by atoms with E-state index in [0.29, 0.717) is 0 Å². The molecule has 0 atom stereocenters. The van der Waals surface area contributed by atoms with Crippen molar-refractivity contribution in [3.8, 4) is 20.9 Å². The first-order chi connectivity index (χ1) is 33.1. The highest BCUT2D eigenvalue weighted by molar-refractivity contribution is 7.21. The second-order valence-electron chi connectivity index (χ2n) is 18.1. The van der Waals surface area contributed by atoms with Crippen LogP contribution in [0.3, 0.4) is 0 Å². The molecule has 0 fully saturated rings. The van der Waals surface area contributed by atoms with E-state index in [9.17, 15) is 0 Å². The third-order valence-corrected chi connectivity index (χ3v) is 16.9. The predicted molar refractivity (Wildman–Crippen MR) is 286 cm³/mol. The lowest BCUT2D eigenvalue weighted by Crippen LogP contribution is -2.26. The lowest BCUT2D eigenvalue weighted by molar-refractivity contribution is 0.797. The van der Waals surface area contributed by atoms with Crippen molar-refractivity contribution in [1.82, 2.24) is 9.13 Å². The SMILES string of the molecule is CCn1c2ccccc2c2cc(N(C3=CC=CCC3)c3ccc4c(c3)C3(c5cc(N(c6ccccc6)c6ccc7c(c6)c6ccccc6n7CC)ccc5-4)c4ccsc4-c4sccc43)ccc21. The molecule has 0 saturated heterocycles. The zero-order valence-corrected chi connectivity index (χ0v) is 39.0. The van der Waals surface area contributed by atoms with Crippen molar-refractivity contribution < 1.29 is 0 Å². The van der Waals surface area contributed by atoms with E-state index < -0.39 is 5.41 Å². The van der Waals surface area contributed by atoms with Gasteiger partial charge in [-0.15, -0.1) is 22.7 Å². The van der Waals surface area contributed by atoms with Crippen molar-refractivity contribution in [3.05, 3.63) is 221 Å². The Kier molecular flexibility index (Phi) is 8.59. The molecule has 0 bridgehead atoms. The molecule has 3 aliphatic carbocycles. The molecule has 1 spiro atoms. The molecule has 4 nitrogen and oxygen atoms in total. The Morgan fingerprint density at radius 3 is 1.51 bits per heavy atom. The summed E-state index contributed by atoms with van der Waals surface area (Å²) in [5.74, 6) is 0. The highest BCUT2D eigenvalue weighted by Crippen LogP contribution is 2.66. The van der Waals surface area contributed by atoms with Crippen molar-refractivity contribution in [2.45, 2.75) is 45.2 Å². The lowest BCUT2D eigenvalue weighted by Gasteiger charge is -2.33. The molecule has 0 aliphatic heterocycles. The van der Waals surface area contributed by atoms with Crippen LogP contribution >= 0.6 is 22.7 Å². The second kappa shape index (κ2) is 14.8. The second-order valence-corrected chi connectivity index (χ2v) is 19.9. The topological polar surface area (TPSA) is 16.3 Å². The van der Waals surface area contributed by atoms with Crippen molar-refractivity contribution in [2.75, 3.05) is 9.80 Å². The van der Waals surface area contributed by atoms with Crippen LogP contribution in [0.15, 0.2) is 198 Å². The van der Waals surface area contributed by atoms with Crippen LogP contribution in [0.4, 0.5) is 28.4 Å². The Morgan fingerprint density at radius 1 is 0.463 bits per heavy atom. The summed E-state index contributed by atoms with van der Waals surface area (Å²) in [6, 6.07) is 62.3. The Bertz CT molecular complexity index is 3830. The summed E-state index contributed by atoms with van der Waals surface area (Å²) in [5.41, 5.74) is 19.9. The monoisotopic (exact) mass is 898 g/mol. The fourth-order valence-corrected chi connectivity index (χ4v) is 14.3. The first-order valence-corrected chi connectivity index (χ1v) is 25.4. The van der Waals surface area contributed by atoms with Crippen molar-refractivity contribution in [1.29, 1.82) is 0 Å². The van der Waals surface area contributed by atoms with Gasteiger partial charge in [-0.3, -0.25) is 0 Å². The van der Waals surface area contributed by atoms with E-state index in [2.05, 4.69) is 226 Å². The van der Waals surface area contributed by atoms with Gasteiger partial charge < -0.3 is 18.9 Å². The van der Waals surface area contributed by atoms with Gasteiger partial charge in [-0.05, 0) is 174 Å². The van der Waals surface area contributed by atoms with E-state index in [4.69, 9.17) is 0 Å². The smallest absolute Gasteiger partial charge is 0.0743 e. The molecule has 11 aromatic rings. The van der Waals surface area contributed by atoms with Gasteiger partial charge in [0.2, 0.25) is 0 Å². The molecule has 7 aromatic carbocycles. The summed E-state index contributed by atoms with van der Waals surface area (Å²) in [7, 11) is 0. The van der Waals surface area contributed by atoms with Crippen LogP contribution in [0.1, 0.15) is 48.9 Å². The number of fused-ring (bicyclic) bond motifs is 16. The van der Waals surface area contributed by atoms with Crippen molar-refractivity contribution >= 4 is 94.7 Å². The maximum absolute atomic E-state index is 2.55. The molecule has 0 amide bonds. The molecule has 6 heteroatoms. The molecule has 67 heavy (non-hydrogen) atoms. The summed E-state index contributed by atoms with van der Waals surface area (Å²) in [6.45, 7) is 6.34. The van der Waals surface area contributed by atoms with Gasteiger partial charge in [0.15, 0.2) is 0 Å². The van der Waals surface area contributed by atoms with E-state index in [-0.39, 0.29) is 0 Å². The van der Waals surface area contributed by atoms with Gasteiger partial charge in [-0.25, -0.2) is 0 Å². The largest absolute Gasteiger partial charge is 0.341 e. The summed E-state index contributed by atoms with van der Waals surface area (Å²) >= 11 is 3.77. The number of para-hydroxylation sites is 3. The van der Waals surface area contributed by atoms with E-state index in [0.717, 1.165) is 43.0 Å². The number of aromatic nitrogens is 2. The maximum Gasteiger partial charge on any atom is 0.0743 e. The molecule has 4 aromatic heterocycles. The molecule has 322 valence electrons. The molecule has 0 radical (unpaired) electrons. The highest BCUT2D eigenvalue weighted by Gasteiger charge is 2.53. The van der Waals surface area contributed by atoms with E-state index in [1.807, 2.05) is 22.7 Å². The van der Waals surface area contributed by atoms with E-state index in [1.54, 1.807) is 0 Å². The Morgan fingerprint density at radius 2 is 0.955 bits per heavy atom. The average Bonchev–Trinajstić information content (AvgIpc) is 4.24. The first-order valence-electron chi connectivity index (χ1n) is 23.6. The molecule has 3 aliphatic rings. The van der Waals surface area contributed by atoms with Gasteiger partial charge in [0.25, 0.3) is 0 Å². The molecular formula is C61H46N4S2. The summed E-state index contributed by atoms with van der Waals surface area (Å²) < 4.78 is 4.89. The van der Waals surface area contributed by atoms with E-state index >= 15 is 0 Å². The quantitative estimate of drug-likeness (QED) is 0.151. The van der Waals surface area contributed by atoms with Crippen LogP contribution in [0.5, 0.6) is 0 Å². The van der Waals surface area contributed by atoms with Gasteiger partial charge in [0, 0.05) is 101 Å². The van der Waals surface area contributed by atoms with Gasteiger partial charge in [0.1, 0.15) is 0 Å². The fraction of sp³-hybridized carbons (Fsp3) is 0.115. The van der Waals surface area contributed by atoms with Crippen LogP contribution in [0.2, 0.25) is 0 Å². The number of anilines is 5. The van der Waals surface area contributed by atoms with Crippen molar-refractivity contribution in [2.24, 2.45) is 0 Å². The van der Waals surface area contributed by atoms with Gasteiger partial charge in [-0.2, -0.15) is 0 Å². The molecule has 0 saturated carbocycles. The first kappa shape index (κ1) is 38.8. The average molecular weight is 899 g/mol. The normalized spacial score (nSPS) is 14.3. The van der Waals surface area contributed by atoms with Gasteiger partial charge in [-0.1, -0.05) is 78.9 Å². The highest BCUT2D eigenvalue weighted by atomic mass is 32.1. The maximum atomic E-state index is 2.55. The summed E-state index contributed by atoms with van der Waals surface area (Å²) in [4.78, 5) is 7.80. The molecule has 0 unspecified atom stereocenters. The summed E-state index contributed by atoms with van der Waals surface area (Å²) in [6.07, 6.45) is 8.85. The van der Waals surface area contributed by atoms with Gasteiger partial charge >= 0.3 is 0 Å².